The number of thiocarbonyl (C=S) groups is 1. The lowest BCUT2D eigenvalue weighted by atomic mass is 9.84. The third kappa shape index (κ3) is 3.86. The molecule has 1 aliphatic rings. The third-order valence-corrected chi connectivity index (χ3v) is 5.38. The van der Waals surface area contributed by atoms with Crippen LogP contribution in [0, 0.1) is 0 Å². The summed E-state index contributed by atoms with van der Waals surface area (Å²) < 4.78 is 11.1. The molecule has 0 bridgehead atoms. The number of phenolic OH excluding ortho intramolecular Hbond substituents is 1. The van der Waals surface area contributed by atoms with Gasteiger partial charge in [0.2, 0.25) is 0 Å². The fourth-order valence-corrected chi connectivity index (χ4v) is 4.16. The summed E-state index contributed by atoms with van der Waals surface area (Å²) in [5, 5.41) is 24.7. The van der Waals surface area contributed by atoms with E-state index >= 15 is 0 Å². The van der Waals surface area contributed by atoms with Gasteiger partial charge in [-0.25, -0.2) is 0 Å². The molecular weight excluding hydrogens is 376 g/mol. The highest BCUT2D eigenvalue weighted by Gasteiger charge is 2.36. The largest absolute Gasteiger partial charge is 0.508 e. The Morgan fingerprint density at radius 3 is 2.36 bits per heavy atom. The van der Waals surface area contributed by atoms with Crippen LogP contribution in [0.1, 0.15) is 18.1 Å². The average Bonchev–Trinajstić information content (AvgIpc) is 2.68. The summed E-state index contributed by atoms with van der Waals surface area (Å²) >= 11 is 5.61. The first-order chi connectivity index (χ1) is 13.5. The summed E-state index contributed by atoms with van der Waals surface area (Å²) in [6.07, 6.45) is 0.273. The van der Waals surface area contributed by atoms with Crippen molar-refractivity contribution in [2.75, 3.05) is 25.7 Å². The molecule has 0 fully saturated rings. The second kappa shape index (κ2) is 8.67. The van der Waals surface area contributed by atoms with Crippen LogP contribution in [-0.4, -0.2) is 48.2 Å². The maximum absolute atomic E-state index is 11.0. The molecular formula is C21H26N2O4S. The van der Waals surface area contributed by atoms with Crippen molar-refractivity contribution in [3.63, 3.8) is 0 Å². The number of ether oxygens (including phenoxy) is 2. The molecule has 0 aromatic heterocycles. The Bertz CT molecular complexity index is 858. The summed E-state index contributed by atoms with van der Waals surface area (Å²) in [5.41, 5.74) is 2.68. The normalized spacial score (nSPS) is 18.1. The van der Waals surface area contributed by atoms with Crippen LogP contribution in [0.25, 0.3) is 0 Å². The van der Waals surface area contributed by atoms with Gasteiger partial charge in [-0.1, -0.05) is 6.07 Å². The van der Waals surface area contributed by atoms with Gasteiger partial charge in [0.25, 0.3) is 0 Å². The van der Waals surface area contributed by atoms with E-state index in [1.165, 1.54) is 0 Å². The van der Waals surface area contributed by atoms with E-state index in [1.807, 2.05) is 30.0 Å². The summed E-state index contributed by atoms with van der Waals surface area (Å²) in [6, 6.07) is 10.3. The SMILES string of the molecule is CCNC(=S)N(c1cccc(O)c1)C1Cc2c(OC)ccc(OC)c2CC1O. The molecule has 0 aliphatic heterocycles. The lowest BCUT2D eigenvalue weighted by molar-refractivity contribution is 0.136. The van der Waals surface area contributed by atoms with E-state index in [2.05, 4.69) is 5.32 Å². The molecule has 0 heterocycles. The van der Waals surface area contributed by atoms with Crippen molar-refractivity contribution in [2.45, 2.75) is 31.9 Å². The molecule has 0 saturated heterocycles. The first kappa shape index (κ1) is 20.2. The summed E-state index contributed by atoms with van der Waals surface area (Å²) in [6.45, 7) is 2.62. The van der Waals surface area contributed by atoms with E-state index in [4.69, 9.17) is 21.7 Å². The highest BCUT2D eigenvalue weighted by Crippen LogP contribution is 2.38. The maximum Gasteiger partial charge on any atom is 0.173 e. The molecule has 7 heteroatoms. The van der Waals surface area contributed by atoms with Crippen molar-refractivity contribution >= 4 is 23.0 Å². The number of fused-ring (bicyclic) bond motifs is 1. The van der Waals surface area contributed by atoms with Gasteiger partial charge < -0.3 is 29.9 Å². The minimum absolute atomic E-state index is 0.145. The fourth-order valence-electron chi connectivity index (χ4n) is 3.77. The smallest absolute Gasteiger partial charge is 0.173 e. The molecule has 2 atom stereocenters. The zero-order chi connectivity index (χ0) is 20.3. The van der Waals surface area contributed by atoms with Gasteiger partial charge in [0.1, 0.15) is 17.2 Å². The zero-order valence-corrected chi connectivity index (χ0v) is 17.1. The van der Waals surface area contributed by atoms with Crippen LogP contribution in [0.5, 0.6) is 17.2 Å². The lowest BCUT2D eigenvalue weighted by Gasteiger charge is -2.40. The fraction of sp³-hybridized carbons (Fsp3) is 0.381. The van der Waals surface area contributed by atoms with E-state index in [0.29, 0.717) is 24.5 Å². The van der Waals surface area contributed by atoms with Gasteiger partial charge in [-0.3, -0.25) is 0 Å². The number of methoxy groups -OCH3 is 2. The van der Waals surface area contributed by atoms with Gasteiger partial charge in [-0.05, 0) is 49.8 Å². The van der Waals surface area contributed by atoms with E-state index < -0.39 is 6.10 Å². The number of aliphatic hydroxyl groups excluding tert-OH is 1. The minimum Gasteiger partial charge on any atom is -0.508 e. The maximum atomic E-state index is 11.0. The van der Waals surface area contributed by atoms with Gasteiger partial charge in [-0.2, -0.15) is 0 Å². The Hall–Kier alpha value is -2.51. The average molecular weight is 403 g/mol. The highest BCUT2D eigenvalue weighted by atomic mass is 32.1. The number of aliphatic hydroxyl groups is 1. The second-order valence-electron chi connectivity index (χ2n) is 6.70. The molecule has 28 heavy (non-hydrogen) atoms. The van der Waals surface area contributed by atoms with Crippen LogP contribution in [0.4, 0.5) is 5.69 Å². The highest BCUT2D eigenvalue weighted by molar-refractivity contribution is 7.80. The summed E-state index contributed by atoms with van der Waals surface area (Å²) in [4.78, 5) is 1.88. The Balaban J connectivity index is 2.06. The second-order valence-corrected chi connectivity index (χ2v) is 7.08. The molecule has 6 nitrogen and oxygen atoms in total. The zero-order valence-electron chi connectivity index (χ0n) is 16.3. The Kier molecular flexibility index (Phi) is 6.26. The number of benzene rings is 2. The molecule has 0 spiro atoms. The quantitative estimate of drug-likeness (QED) is 0.664. The molecule has 150 valence electrons. The van der Waals surface area contributed by atoms with Crippen LogP contribution < -0.4 is 19.7 Å². The van der Waals surface area contributed by atoms with Crippen molar-refractivity contribution in [3.8, 4) is 17.2 Å². The predicted octanol–water partition coefficient (Wildman–Crippen LogP) is 2.64. The van der Waals surface area contributed by atoms with Crippen molar-refractivity contribution in [2.24, 2.45) is 0 Å². The topological polar surface area (TPSA) is 74.2 Å². The van der Waals surface area contributed by atoms with Crippen molar-refractivity contribution in [3.05, 3.63) is 47.5 Å². The number of nitrogens with one attached hydrogen (secondary N) is 1. The number of hydrogen-bond acceptors (Lipinski definition) is 5. The Morgan fingerprint density at radius 1 is 1.14 bits per heavy atom. The first-order valence-electron chi connectivity index (χ1n) is 9.27. The lowest BCUT2D eigenvalue weighted by Crippen LogP contribution is -2.54. The third-order valence-electron chi connectivity index (χ3n) is 5.04. The van der Waals surface area contributed by atoms with E-state index in [-0.39, 0.29) is 11.8 Å². The van der Waals surface area contributed by atoms with Crippen LogP contribution >= 0.6 is 12.2 Å². The molecule has 1 aliphatic carbocycles. The van der Waals surface area contributed by atoms with Gasteiger partial charge in [0.05, 0.1) is 26.4 Å². The van der Waals surface area contributed by atoms with Crippen molar-refractivity contribution in [1.82, 2.24) is 5.32 Å². The van der Waals surface area contributed by atoms with Crippen LogP contribution in [-0.2, 0) is 12.8 Å². The number of phenols is 1. The molecule has 3 N–H and O–H groups in total. The van der Waals surface area contributed by atoms with Gasteiger partial charge >= 0.3 is 0 Å². The monoisotopic (exact) mass is 402 g/mol. The van der Waals surface area contributed by atoms with Gasteiger partial charge in [0.15, 0.2) is 5.11 Å². The van der Waals surface area contributed by atoms with Gasteiger partial charge in [0, 0.05) is 35.8 Å². The van der Waals surface area contributed by atoms with Gasteiger partial charge in [-0.15, -0.1) is 0 Å². The molecule has 2 aromatic carbocycles. The number of anilines is 1. The number of rotatable bonds is 5. The molecule has 0 amide bonds. The van der Waals surface area contributed by atoms with E-state index in [1.54, 1.807) is 32.4 Å². The van der Waals surface area contributed by atoms with Crippen molar-refractivity contribution < 1.29 is 19.7 Å². The molecule has 0 radical (unpaired) electrons. The van der Waals surface area contributed by atoms with E-state index in [0.717, 1.165) is 28.3 Å². The number of nitrogens with zero attached hydrogens (tertiary/aromatic N) is 1. The molecule has 0 saturated carbocycles. The van der Waals surface area contributed by atoms with E-state index in [9.17, 15) is 10.2 Å². The summed E-state index contributed by atoms with van der Waals surface area (Å²) in [7, 11) is 3.26. The van der Waals surface area contributed by atoms with Crippen molar-refractivity contribution in [1.29, 1.82) is 0 Å². The predicted molar refractivity (Wildman–Crippen MR) is 114 cm³/mol. The number of aromatic hydroxyl groups is 1. The molecule has 2 aromatic rings. The standard InChI is InChI=1S/C21H26N2O4S/c1-4-22-21(28)23(13-6-5-7-14(24)10-13)17-11-15-16(12-18(17)25)20(27-3)9-8-19(15)26-2/h5-10,17-18,24-25H,4,11-12H2,1-3H3,(H,22,28). The Labute approximate surface area is 170 Å². The molecule has 3 rings (SSSR count). The first-order valence-corrected chi connectivity index (χ1v) is 9.67. The summed E-state index contributed by atoms with van der Waals surface area (Å²) in [5.74, 6) is 1.65. The van der Waals surface area contributed by atoms with Crippen LogP contribution in [0.15, 0.2) is 36.4 Å². The molecule has 2 unspecified atom stereocenters. The van der Waals surface area contributed by atoms with Crippen LogP contribution in [0.3, 0.4) is 0 Å². The Morgan fingerprint density at radius 2 is 1.79 bits per heavy atom. The minimum atomic E-state index is -0.674. The number of hydrogen-bond donors (Lipinski definition) is 3. The van der Waals surface area contributed by atoms with Crippen LogP contribution in [0.2, 0.25) is 0 Å².